The molecular formula is C19H15N7O3. The third-order valence-corrected chi connectivity index (χ3v) is 3.96. The van der Waals surface area contributed by atoms with Gasteiger partial charge in [0.1, 0.15) is 17.0 Å². The Morgan fingerprint density at radius 1 is 1.10 bits per heavy atom. The Bertz CT molecular complexity index is 1220. The van der Waals surface area contributed by atoms with Crippen molar-refractivity contribution in [2.24, 2.45) is 0 Å². The van der Waals surface area contributed by atoms with Crippen LogP contribution in [0, 0.1) is 0 Å². The van der Waals surface area contributed by atoms with Gasteiger partial charge in [0.25, 0.3) is 0 Å². The number of nitrogens with zero attached hydrogens (tertiary/aromatic N) is 5. The molecule has 4 rings (SSSR count). The van der Waals surface area contributed by atoms with Gasteiger partial charge in [-0.15, -0.1) is 5.10 Å². The van der Waals surface area contributed by atoms with E-state index in [1.807, 2.05) is 6.07 Å². The Morgan fingerprint density at radius 3 is 2.69 bits per heavy atom. The molecule has 0 radical (unpaired) electrons. The molecule has 0 atom stereocenters. The van der Waals surface area contributed by atoms with Gasteiger partial charge in [-0.05, 0) is 24.3 Å². The van der Waals surface area contributed by atoms with Gasteiger partial charge in [0.05, 0.1) is 5.56 Å². The van der Waals surface area contributed by atoms with E-state index in [0.717, 1.165) is 0 Å². The van der Waals surface area contributed by atoms with E-state index >= 15 is 0 Å². The lowest BCUT2D eigenvalue weighted by atomic mass is 10.2. The third-order valence-electron chi connectivity index (χ3n) is 3.96. The molecule has 0 aromatic carbocycles. The fraction of sp³-hybridized carbons (Fsp3) is 0.0526. The SMILES string of the molecule is CC(=O)Nc1cc(Nc2nc(-c3ccccn3)nn3ccc(C(=O)O)c23)ccn1. The normalized spacial score (nSPS) is 10.7. The molecule has 0 aliphatic rings. The monoisotopic (exact) mass is 389 g/mol. The van der Waals surface area contributed by atoms with E-state index in [0.29, 0.717) is 28.5 Å². The first kappa shape index (κ1) is 18.0. The first-order chi connectivity index (χ1) is 14.0. The summed E-state index contributed by atoms with van der Waals surface area (Å²) in [7, 11) is 0. The number of aromatic carboxylic acids is 1. The van der Waals surface area contributed by atoms with Crippen LogP contribution >= 0.6 is 0 Å². The fourth-order valence-corrected chi connectivity index (χ4v) is 2.78. The summed E-state index contributed by atoms with van der Waals surface area (Å²) in [6, 6.07) is 10.1. The molecule has 0 bridgehead atoms. The van der Waals surface area contributed by atoms with Gasteiger partial charge in [-0.3, -0.25) is 9.78 Å². The highest BCUT2D eigenvalue weighted by Gasteiger charge is 2.18. The Hall–Kier alpha value is -4.34. The topological polar surface area (TPSA) is 134 Å². The summed E-state index contributed by atoms with van der Waals surface area (Å²) in [5, 5.41) is 19.6. The second-order valence-corrected chi connectivity index (χ2v) is 6.06. The molecule has 0 aliphatic carbocycles. The van der Waals surface area contributed by atoms with Crippen LogP contribution in [0.2, 0.25) is 0 Å². The zero-order valence-corrected chi connectivity index (χ0v) is 15.2. The molecule has 1 amide bonds. The minimum Gasteiger partial charge on any atom is -0.478 e. The standard InChI is InChI=1S/C19H15N7O3/c1-11(27)22-15-10-12(5-8-21-15)23-18-16-13(19(28)29)6-9-26(16)25-17(24-18)14-4-2-3-7-20-14/h2-10H,1H3,(H,28,29)(H2,21,22,23,24,25,27). The Labute approximate surface area is 164 Å². The van der Waals surface area contributed by atoms with Gasteiger partial charge in [0.2, 0.25) is 11.7 Å². The summed E-state index contributed by atoms with van der Waals surface area (Å²) in [6.45, 7) is 1.38. The van der Waals surface area contributed by atoms with Crippen molar-refractivity contribution in [1.82, 2.24) is 24.6 Å². The first-order valence-corrected chi connectivity index (χ1v) is 8.56. The fourth-order valence-electron chi connectivity index (χ4n) is 2.78. The number of hydrogen-bond donors (Lipinski definition) is 3. The zero-order chi connectivity index (χ0) is 20.4. The molecule has 29 heavy (non-hydrogen) atoms. The summed E-state index contributed by atoms with van der Waals surface area (Å²) < 4.78 is 1.44. The predicted molar refractivity (Wildman–Crippen MR) is 105 cm³/mol. The lowest BCUT2D eigenvalue weighted by Crippen LogP contribution is -2.09. The van der Waals surface area contributed by atoms with Crippen molar-refractivity contribution in [3.8, 4) is 11.5 Å². The van der Waals surface area contributed by atoms with E-state index in [2.05, 4.69) is 30.7 Å². The van der Waals surface area contributed by atoms with E-state index in [4.69, 9.17) is 0 Å². The van der Waals surface area contributed by atoms with E-state index in [-0.39, 0.29) is 17.3 Å². The minimum absolute atomic E-state index is 0.0520. The number of carbonyl (C=O) groups excluding carboxylic acids is 1. The molecule has 0 fully saturated rings. The first-order valence-electron chi connectivity index (χ1n) is 8.56. The molecule has 0 aliphatic heterocycles. The van der Waals surface area contributed by atoms with Gasteiger partial charge in [-0.1, -0.05) is 6.07 Å². The van der Waals surface area contributed by atoms with Crippen molar-refractivity contribution >= 4 is 34.7 Å². The molecular weight excluding hydrogens is 374 g/mol. The average Bonchev–Trinajstić information content (AvgIpc) is 3.13. The molecule has 4 aromatic rings. The van der Waals surface area contributed by atoms with Crippen molar-refractivity contribution in [2.45, 2.75) is 6.92 Å². The quantitative estimate of drug-likeness (QED) is 0.474. The maximum Gasteiger partial charge on any atom is 0.338 e. The maximum atomic E-state index is 11.6. The minimum atomic E-state index is -1.10. The number of carboxylic acid groups (broad SMARTS) is 1. The number of nitrogens with one attached hydrogen (secondary N) is 2. The highest BCUT2D eigenvalue weighted by molar-refractivity contribution is 6.00. The molecule has 0 saturated heterocycles. The molecule has 0 unspecified atom stereocenters. The van der Waals surface area contributed by atoms with Crippen molar-refractivity contribution in [1.29, 1.82) is 0 Å². The van der Waals surface area contributed by atoms with E-state index in [1.54, 1.807) is 36.7 Å². The molecule has 10 nitrogen and oxygen atoms in total. The van der Waals surface area contributed by atoms with Crippen LogP contribution in [-0.4, -0.2) is 41.5 Å². The number of fused-ring (bicyclic) bond motifs is 1. The zero-order valence-electron chi connectivity index (χ0n) is 15.2. The number of aromatic nitrogens is 5. The number of hydrogen-bond acceptors (Lipinski definition) is 7. The van der Waals surface area contributed by atoms with E-state index < -0.39 is 5.97 Å². The highest BCUT2D eigenvalue weighted by Crippen LogP contribution is 2.26. The molecule has 0 spiro atoms. The van der Waals surface area contributed by atoms with Crippen LogP contribution in [0.15, 0.2) is 55.0 Å². The highest BCUT2D eigenvalue weighted by atomic mass is 16.4. The number of carboxylic acids is 1. The second kappa shape index (κ2) is 7.35. The van der Waals surface area contributed by atoms with Gasteiger partial charge < -0.3 is 15.7 Å². The average molecular weight is 389 g/mol. The maximum absolute atomic E-state index is 11.6. The van der Waals surface area contributed by atoms with Crippen LogP contribution in [0.4, 0.5) is 17.3 Å². The lowest BCUT2D eigenvalue weighted by molar-refractivity contribution is -0.114. The molecule has 144 valence electrons. The Morgan fingerprint density at radius 2 is 1.97 bits per heavy atom. The molecule has 0 saturated carbocycles. The largest absolute Gasteiger partial charge is 0.478 e. The van der Waals surface area contributed by atoms with Crippen LogP contribution in [-0.2, 0) is 4.79 Å². The Kier molecular flexibility index (Phi) is 4.57. The number of pyridine rings is 2. The van der Waals surface area contributed by atoms with Gasteiger partial charge in [0.15, 0.2) is 5.82 Å². The van der Waals surface area contributed by atoms with Crippen molar-refractivity contribution in [3.63, 3.8) is 0 Å². The number of rotatable bonds is 5. The van der Waals surface area contributed by atoms with Crippen molar-refractivity contribution < 1.29 is 14.7 Å². The predicted octanol–water partition coefficient (Wildman–Crippen LogP) is 2.59. The molecule has 3 N–H and O–H groups in total. The molecule has 4 heterocycles. The van der Waals surface area contributed by atoms with Crippen LogP contribution in [0.3, 0.4) is 0 Å². The van der Waals surface area contributed by atoms with Crippen LogP contribution in [0.5, 0.6) is 0 Å². The van der Waals surface area contributed by atoms with Gasteiger partial charge >= 0.3 is 5.97 Å². The van der Waals surface area contributed by atoms with Crippen LogP contribution < -0.4 is 10.6 Å². The van der Waals surface area contributed by atoms with Crippen LogP contribution in [0.25, 0.3) is 17.0 Å². The summed E-state index contributed by atoms with van der Waals surface area (Å²) in [4.78, 5) is 35.7. The summed E-state index contributed by atoms with van der Waals surface area (Å²) in [5.41, 5.74) is 1.46. The summed E-state index contributed by atoms with van der Waals surface area (Å²) in [6.07, 6.45) is 4.69. The smallest absolute Gasteiger partial charge is 0.338 e. The van der Waals surface area contributed by atoms with Gasteiger partial charge in [-0.25, -0.2) is 19.3 Å². The van der Waals surface area contributed by atoms with Gasteiger partial charge in [0, 0.05) is 37.3 Å². The van der Waals surface area contributed by atoms with Gasteiger partial charge in [-0.2, -0.15) is 0 Å². The van der Waals surface area contributed by atoms with Crippen molar-refractivity contribution in [2.75, 3.05) is 10.6 Å². The Balaban J connectivity index is 1.84. The van der Waals surface area contributed by atoms with Crippen molar-refractivity contribution in [3.05, 3.63) is 60.6 Å². The lowest BCUT2D eigenvalue weighted by Gasteiger charge is -2.11. The summed E-state index contributed by atoms with van der Waals surface area (Å²) >= 11 is 0. The second-order valence-electron chi connectivity index (χ2n) is 6.06. The van der Waals surface area contributed by atoms with Crippen LogP contribution in [0.1, 0.15) is 17.3 Å². The number of anilines is 3. The van der Waals surface area contributed by atoms with E-state index in [9.17, 15) is 14.7 Å². The molecule has 10 heteroatoms. The summed E-state index contributed by atoms with van der Waals surface area (Å²) in [5.74, 6) is -0.395. The number of carbonyl (C=O) groups is 2. The molecule has 4 aromatic heterocycles. The van der Waals surface area contributed by atoms with E-state index in [1.165, 1.54) is 23.7 Å². The third kappa shape index (κ3) is 3.72. The number of amides is 1.